The van der Waals surface area contributed by atoms with Gasteiger partial charge in [-0.3, -0.25) is 4.79 Å². The van der Waals surface area contributed by atoms with Gasteiger partial charge >= 0.3 is 5.97 Å². The summed E-state index contributed by atoms with van der Waals surface area (Å²) >= 11 is 0. The Labute approximate surface area is 156 Å². The van der Waals surface area contributed by atoms with Crippen molar-refractivity contribution in [2.75, 3.05) is 28.4 Å². The lowest BCUT2D eigenvalue weighted by atomic mass is 9.90. The van der Waals surface area contributed by atoms with Crippen molar-refractivity contribution >= 4 is 5.97 Å². The molecule has 0 aromatic heterocycles. The number of phenols is 1. The van der Waals surface area contributed by atoms with Crippen molar-refractivity contribution in [3.05, 3.63) is 35.1 Å². The lowest BCUT2D eigenvalue weighted by Gasteiger charge is -2.20. The Morgan fingerprint density at radius 1 is 1.07 bits per heavy atom. The van der Waals surface area contributed by atoms with Crippen molar-refractivity contribution in [1.29, 1.82) is 0 Å². The van der Waals surface area contributed by atoms with E-state index in [1.807, 2.05) is 0 Å². The maximum absolute atomic E-state index is 14.2. The number of phenolic OH excluding ortho intramolecular Hbond substituents is 1. The quantitative estimate of drug-likeness (QED) is 0.824. The molecule has 1 aliphatic carbocycles. The normalized spacial score (nSPS) is 15.2. The van der Waals surface area contributed by atoms with E-state index in [0.29, 0.717) is 46.8 Å². The number of methoxy groups -OCH3 is 4. The van der Waals surface area contributed by atoms with E-state index in [0.717, 1.165) is 5.56 Å². The zero-order valence-electron chi connectivity index (χ0n) is 15.6. The molecule has 6 nitrogen and oxygen atoms in total. The molecule has 0 radical (unpaired) electrons. The second-order valence-corrected chi connectivity index (χ2v) is 6.18. The van der Waals surface area contributed by atoms with Crippen molar-refractivity contribution < 1.29 is 33.2 Å². The summed E-state index contributed by atoms with van der Waals surface area (Å²) in [5, 5.41) is 9.89. The van der Waals surface area contributed by atoms with Crippen LogP contribution in [0.3, 0.4) is 0 Å². The summed E-state index contributed by atoms with van der Waals surface area (Å²) in [4.78, 5) is 12.4. The first-order valence-electron chi connectivity index (χ1n) is 8.39. The van der Waals surface area contributed by atoms with Gasteiger partial charge in [0.2, 0.25) is 5.75 Å². The number of aromatic hydroxyl groups is 1. The summed E-state index contributed by atoms with van der Waals surface area (Å²) in [7, 11) is 5.79. The van der Waals surface area contributed by atoms with Gasteiger partial charge in [-0.25, -0.2) is 4.39 Å². The molecule has 1 atom stereocenters. The van der Waals surface area contributed by atoms with Crippen LogP contribution in [0.4, 0.5) is 4.39 Å². The van der Waals surface area contributed by atoms with Crippen molar-refractivity contribution in [2.45, 2.75) is 18.8 Å². The lowest BCUT2D eigenvalue weighted by molar-refractivity contribution is -0.142. The van der Waals surface area contributed by atoms with Gasteiger partial charge in [-0.1, -0.05) is 0 Å². The molecule has 0 aliphatic heterocycles. The number of carbonyl (C=O) groups excluding carboxylic acids is 1. The van der Waals surface area contributed by atoms with Gasteiger partial charge in [-0.05, 0) is 47.7 Å². The van der Waals surface area contributed by atoms with E-state index in [9.17, 15) is 14.3 Å². The molecule has 144 valence electrons. The topological polar surface area (TPSA) is 74.2 Å². The SMILES string of the molecule is COC(=O)C1CCc2cc(OC)c(OC)c(OC)c2-c2cc(F)c(O)cc21. The van der Waals surface area contributed by atoms with E-state index >= 15 is 0 Å². The Morgan fingerprint density at radius 2 is 1.78 bits per heavy atom. The summed E-state index contributed by atoms with van der Waals surface area (Å²) in [5.74, 6) is -1.19. The van der Waals surface area contributed by atoms with E-state index in [-0.39, 0.29) is 0 Å². The maximum atomic E-state index is 14.2. The van der Waals surface area contributed by atoms with Gasteiger partial charge < -0.3 is 24.1 Å². The fourth-order valence-corrected chi connectivity index (χ4v) is 3.62. The third kappa shape index (κ3) is 3.03. The molecule has 0 heterocycles. The number of hydrogen-bond acceptors (Lipinski definition) is 6. The fraction of sp³-hybridized carbons (Fsp3) is 0.350. The van der Waals surface area contributed by atoms with Crippen molar-refractivity contribution in [3.8, 4) is 34.1 Å². The molecule has 1 aliphatic rings. The third-order valence-electron chi connectivity index (χ3n) is 4.86. The number of ether oxygens (including phenoxy) is 4. The molecular weight excluding hydrogens is 355 g/mol. The highest BCUT2D eigenvalue weighted by Gasteiger charge is 2.33. The Kier molecular flexibility index (Phi) is 5.12. The molecule has 2 aromatic carbocycles. The lowest BCUT2D eigenvalue weighted by Crippen LogP contribution is -2.15. The molecule has 0 saturated carbocycles. The van der Waals surface area contributed by atoms with E-state index in [4.69, 9.17) is 18.9 Å². The van der Waals surface area contributed by atoms with E-state index in [1.54, 1.807) is 6.07 Å². The first kappa shape index (κ1) is 18.8. The van der Waals surface area contributed by atoms with Crippen molar-refractivity contribution in [1.82, 2.24) is 0 Å². The number of fused-ring (bicyclic) bond motifs is 3. The summed E-state index contributed by atoms with van der Waals surface area (Å²) < 4.78 is 35.6. The minimum absolute atomic E-state index is 0.370. The summed E-state index contributed by atoms with van der Waals surface area (Å²) in [5.41, 5.74) is 2.36. The number of carbonyl (C=O) groups is 1. The zero-order valence-corrected chi connectivity index (χ0v) is 15.6. The second kappa shape index (κ2) is 7.34. The molecular formula is C20H21FO6. The average molecular weight is 376 g/mol. The highest BCUT2D eigenvalue weighted by Crippen LogP contribution is 2.51. The van der Waals surface area contributed by atoms with Crippen LogP contribution in [0.2, 0.25) is 0 Å². The van der Waals surface area contributed by atoms with Crippen LogP contribution in [-0.4, -0.2) is 39.5 Å². The van der Waals surface area contributed by atoms with Gasteiger partial charge in [0.1, 0.15) is 0 Å². The maximum Gasteiger partial charge on any atom is 0.313 e. The molecule has 2 aromatic rings. The van der Waals surface area contributed by atoms with Crippen LogP contribution in [-0.2, 0) is 16.0 Å². The molecule has 1 N–H and O–H groups in total. The molecule has 0 saturated heterocycles. The van der Waals surface area contributed by atoms with Crippen LogP contribution in [0.1, 0.15) is 23.5 Å². The predicted molar refractivity (Wildman–Crippen MR) is 96.2 cm³/mol. The molecule has 1 unspecified atom stereocenters. The number of halogens is 1. The Hall–Kier alpha value is -2.96. The zero-order chi connectivity index (χ0) is 19.7. The standard InChI is InChI=1S/C20H21FO6/c1-24-16-7-10-5-6-11(20(23)27-4)12-9-15(22)14(21)8-13(12)17(10)19(26-3)18(16)25-2/h7-9,11,22H,5-6H2,1-4H3. The summed E-state index contributed by atoms with van der Waals surface area (Å²) in [6.07, 6.45) is 0.930. The smallest absolute Gasteiger partial charge is 0.313 e. The Bertz CT molecular complexity index is 893. The van der Waals surface area contributed by atoms with Gasteiger partial charge in [0, 0.05) is 5.56 Å². The van der Waals surface area contributed by atoms with Crippen LogP contribution in [0.25, 0.3) is 11.1 Å². The molecule has 0 bridgehead atoms. The van der Waals surface area contributed by atoms with E-state index in [2.05, 4.69) is 0 Å². The minimum atomic E-state index is -0.790. The van der Waals surface area contributed by atoms with Crippen molar-refractivity contribution in [3.63, 3.8) is 0 Å². The van der Waals surface area contributed by atoms with Gasteiger partial charge in [0.25, 0.3) is 0 Å². The number of benzene rings is 2. The molecule has 0 fully saturated rings. The highest BCUT2D eigenvalue weighted by molar-refractivity contribution is 5.88. The molecule has 27 heavy (non-hydrogen) atoms. The Morgan fingerprint density at radius 3 is 2.37 bits per heavy atom. The van der Waals surface area contributed by atoms with Gasteiger partial charge in [-0.15, -0.1) is 0 Å². The molecule has 3 rings (SSSR count). The number of rotatable bonds is 4. The van der Waals surface area contributed by atoms with Crippen LogP contribution in [0.5, 0.6) is 23.0 Å². The predicted octanol–water partition coefficient (Wildman–Crippen LogP) is 3.43. The van der Waals surface area contributed by atoms with Crippen LogP contribution in [0.15, 0.2) is 18.2 Å². The molecule has 0 spiro atoms. The first-order valence-corrected chi connectivity index (χ1v) is 8.39. The highest BCUT2D eigenvalue weighted by atomic mass is 19.1. The minimum Gasteiger partial charge on any atom is -0.505 e. The van der Waals surface area contributed by atoms with Gasteiger partial charge in [-0.2, -0.15) is 0 Å². The van der Waals surface area contributed by atoms with Crippen molar-refractivity contribution in [2.24, 2.45) is 0 Å². The average Bonchev–Trinajstić information content (AvgIpc) is 2.83. The summed E-state index contributed by atoms with van der Waals surface area (Å²) in [6.45, 7) is 0. The first-order chi connectivity index (χ1) is 13.0. The van der Waals surface area contributed by atoms with Crippen LogP contribution < -0.4 is 14.2 Å². The Balaban J connectivity index is 2.39. The molecule has 7 heteroatoms. The van der Waals surface area contributed by atoms with Gasteiger partial charge in [0.05, 0.1) is 34.4 Å². The van der Waals surface area contributed by atoms with Crippen LogP contribution >= 0.6 is 0 Å². The fourth-order valence-electron chi connectivity index (χ4n) is 3.62. The van der Waals surface area contributed by atoms with E-state index in [1.165, 1.54) is 40.6 Å². The summed E-state index contributed by atoms with van der Waals surface area (Å²) in [6, 6.07) is 4.28. The van der Waals surface area contributed by atoms with E-state index < -0.39 is 23.5 Å². The largest absolute Gasteiger partial charge is 0.505 e. The van der Waals surface area contributed by atoms with Gasteiger partial charge in [0.15, 0.2) is 23.1 Å². The number of esters is 1. The third-order valence-corrected chi connectivity index (χ3v) is 4.86. The number of hydrogen-bond donors (Lipinski definition) is 1. The second-order valence-electron chi connectivity index (χ2n) is 6.18. The van der Waals surface area contributed by atoms with Crippen LogP contribution in [0, 0.1) is 5.82 Å². The monoisotopic (exact) mass is 376 g/mol. The molecule has 0 amide bonds. The number of aryl methyl sites for hydroxylation is 1.